The molecule has 0 fully saturated rings. The Morgan fingerprint density at radius 1 is 1.39 bits per heavy atom. The van der Waals surface area contributed by atoms with Gasteiger partial charge >= 0.3 is 0 Å². The number of nitrogens with one attached hydrogen (secondary N) is 1. The molecule has 3 nitrogen and oxygen atoms in total. The van der Waals surface area contributed by atoms with E-state index in [1.54, 1.807) is 12.1 Å². The molecule has 2 aromatic rings. The summed E-state index contributed by atoms with van der Waals surface area (Å²) < 4.78 is 15.4. The molecule has 5 heteroatoms. The van der Waals surface area contributed by atoms with E-state index in [1.807, 2.05) is 25.6 Å². The molecule has 96 valence electrons. The van der Waals surface area contributed by atoms with E-state index < -0.39 is 0 Å². The highest BCUT2D eigenvalue weighted by Crippen LogP contribution is 2.25. The molecule has 0 spiro atoms. The zero-order chi connectivity index (χ0) is 13.3. The molecule has 0 aliphatic carbocycles. The van der Waals surface area contributed by atoms with Crippen molar-refractivity contribution in [3.63, 3.8) is 0 Å². The Morgan fingerprint density at radius 2 is 2.11 bits per heavy atom. The Hall–Kier alpha value is -1.55. The van der Waals surface area contributed by atoms with E-state index in [4.69, 9.17) is 11.6 Å². The molecule has 1 N–H and O–H groups in total. The lowest BCUT2D eigenvalue weighted by Gasteiger charge is -2.09. The van der Waals surface area contributed by atoms with Crippen LogP contribution in [0.15, 0.2) is 18.2 Å². The number of aryl methyl sites for hydroxylation is 2. The molecule has 0 aliphatic heterocycles. The smallest absolute Gasteiger partial charge is 0.147 e. The largest absolute Gasteiger partial charge is 0.377 e. The molecular weight excluding hydrogens is 253 g/mol. The minimum atomic E-state index is -0.346. The van der Waals surface area contributed by atoms with Crippen LogP contribution >= 0.6 is 11.6 Å². The number of hydrogen-bond acceptors (Lipinski definition) is 2. The maximum atomic E-state index is 13.6. The van der Waals surface area contributed by atoms with Gasteiger partial charge in [0.25, 0.3) is 0 Å². The summed E-state index contributed by atoms with van der Waals surface area (Å²) in [4.78, 5) is 0. The van der Waals surface area contributed by atoms with Gasteiger partial charge in [-0.15, -0.1) is 0 Å². The third kappa shape index (κ3) is 2.34. The molecule has 1 aromatic heterocycles. The van der Waals surface area contributed by atoms with Gasteiger partial charge in [-0.3, -0.25) is 4.68 Å². The topological polar surface area (TPSA) is 29.9 Å². The summed E-state index contributed by atoms with van der Waals surface area (Å²) in [6.45, 7) is 4.43. The Morgan fingerprint density at radius 3 is 2.67 bits per heavy atom. The van der Waals surface area contributed by atoms with Crippen molar-refractivity contribution in [2.24, 2.45) is 7.05 Å². The predicted octanol–water partition coefficient (Wildman–Crippen LogP) is 3.44. The first-order valence-electron chi connectivity index (χ1n) is 5.67. The molecule has 0 unspecified atom stereocenters. The normalized spacial score (nSPS) is 10.7. The summed E-state index contributed by atoms with van der Waals surface area (Å²) in [5, 5.41) is 7.73. The molecule has 18 heavy (non-hydrogen) atoms. The van der Waals surface area contributed by atoms with Crippen molar-refractivity contribution < 1.29 is 4.39 Å². The zero-order valence-electron chi connectivity index (χ0n) is 10.6. The van der Waals surface area contributed by atoms with Crippen LogP contribution in [-0.4, -0.2) is 9.78 Å². The van der Waals surface area contributed by atoms with Crippen LogP contribution in [-0.2, 0) is 13.6 Å². The van der Waals surface area contributed by atoms with Crippen LogP contribution in [0.25, 0.3) is 0 Å². The van der Waals surface area contributed by atoms with Gasteiger partial charge in [0.2, 0.25) is 0 Å². The predicted molar refractivity (Wildman–Crippen MR) is 71.4 cm³/mol. The van der Waals surface area contributed by atoms with Crippen LogP contribution in [0.2, 0.25) is 5.02 Å². The number of benzene rings is 1. The monoisotopic (exact) mass is 267 g/mol. The molecule has 1 heterocycles. The highest BCUT2D eigenvalue weighted by Gasteiger charge is 2.11. The molecule has 0 aliphatic rings. The van der Waals surface area contributed by atoms with E-state index in [0.29, 0.717) is 17.3 Å². The lowest BCUT2D eigenvalue weighted by Crippen LogP contribution is -2.04. The Labute approximate surface area is 111 Å². The van der Waals surface area contributed by atoms with Gasteiger partial charge in [-0.2, -0.15) is 5.10 Å². The van der Waals surface area contributed by atoms with E-state index in [9.17, 15) is 4.39 Å². The molecule has 1 aromatic carbocycles. The number of hydrogen-bond donors (Lipinski definition) is 1. The minimum absolute atomic E-state index is 0.335. The lowest BCUT2D eigenvalue weighted by atomic mass is 10.2. The number of halogens is 2. The molecule has 0 radical (unpaired) electrons. The summed E-state index contributed by atoms with van der Waals surface area (Å²) in [5.41, 5.74) is 3.40. The molecule has 0 atom stereocenters. The van der Waals surface area contributed by atoms with Gasteiger partial charge in [0.15, 0.2) is 0 Å². The van der Waals surface area contributed by atoms with E-state index >= 15 is 0 Å². The molecule has 2 rings (SSSR count). The van der Waals surface area contributed by atoms with Crippen molar-refractivity contribution in [1.29, 1.82) is 0 Å². The molecular formula is C13H15ClFN3. The first-order chi connectivity index (χ1) is 8.50. The Kier molecular flexibility index (Phi) is 3.57. The van der Waals surface area contributed by atoms with Crippen LogP contribution in [0.3, 0.4) is 0 Å². The lowest BCUT2D eigenvalue weighted by molar-refractivity contribution is 0.630. The fraction of sp³-hybridized carbons (Fsp3) is 0.308. The first kappa shape index (κ1) is 12.9. The maximum Gasteiger partial charge on any atom is 0.147 e. The molecule has 0 saturated heterocycles. The molecule has 0 bridgehead atoms. The van der Waals surface area contributed by atoms with E-state index in [-0.39, 0.29) is 5.82 Å². The van der Waals surface area contributed by atoms with Gasteiger partial charge in [0, 0.05) is 24.8 Å². The highest BCUT2D eigenvalue weighted by atomic mass is 35.5. The third-order valence-corrected chi connectivity index (χ3v) is 3.38. The van der Waals surface area contributed by atoms with Gasteiger partial charge in [-0.1, -0.05) is 17.7 Å². The minimum Gasteiger partial charge on any atom is -0.377 e. The summed E-state index contributed by atoms with van der Waals surface area (Å²) in [6, 6.07) is 4.64. The molecule has 0 amide bonds. The number of anilines is 1. The van der Waals surface area contributed by atoms with Crippen LogP contribution in [0, 0.1) is 19.7 Å². The SMILES string of the molecule is Cc1nn(C)c(C)c1CNc1c(F)cccc1Cl. The highest BCUT2D eigenvalue weighted by molar-refractivity contribution is 6.33. The van der Waals surface area contributed by atoms with E-state index in [0.717, 1.165) is 17.0 Å². The van der Waals surface area contributed by atoms with Gasteiger partial charge < -0.3 is 5.32 Å². The van der Waals surface area contributed by atoms with Gasteiger partial charge in [-0.25, -0.2) is 4.39 Å². The number of aromatic nitrogens is 2. The van der Waals surface area contributed by atoms with Crippen molar-refractivity contribution in [3.05, 3.63) is 46.0 Å². The van der Waals surface area contributed by atoms with Crippen LogP contribution < -0.4 is 5.32 Å². The van der Waals surface area contributed by atoms with E-state index in [2.05, 4.69) is 10.4 Å². The van der Waals surface area contributed by atoms with Crippen molar-refractivity contribution in [2.45, 2.75) is 20.4 Å². The van der Waals surface area contributed by atoms with Gasteiger partial charge in [-0.05, 0) is 26.0 Å². The second-order valence-corrected chi connectivity index (χ2v) is 4.63. The Balaban J connectivity index is 2.22. The Bertz CT molecular complexity index is 558. The quantitative estimate of drug-likeness (QED) is 0.923. The first-order valence-corrected chi connectivity index (χ1v) is 6.05. The van der Waals surface area contributed by atoms with Gasteiger partial charge in [0.1, 0.15) is 5.82 Å². The second kappa shape index (κ2) is 4.98. The zero-order valence-corrected chi connectivity index (χ0v) is 11.3. The maximum absolute atomic E-state index is 13.6. The fourth-order valence-corrected chi connectivity index (χ4v) is 2.15. The van der Waals surface area contributed by atoms with Crippen LogP contribution in [0.1, 0.15) is 17.0 Å². The average molecular weight is 268 g/mol. The number of nitrogens with zero attached hydrogens (tertiary/aromatic N) is 2. The molecule has 0 saturated carbocycles. The van der Waals surface area contributed by atoms with Crippen molar-refractivity contribution in [1.82, 2.24) is 9.78 Å². The second-order valence-electron chi connectivity index (χ2n) is 4.22. The fourth-order valence-electron chi connectivity index (χ4n) is 1.92. The van der Waals surface area contributed by atoms with Crippen LogP contribution in [0.4, 0.5) is 10.1 Å². The van der Waals surface area contributed by atoms with Crippen LogP contribution in [0.5, 0.6) is 0 Å². The van der Waals surface area contributed by atoms with Crippen molar-refractivity contribution >= 4 is 17.3 Å². The van der Waals surface area contributed by atoms with Gasteiger partial charge in [0.05, 0.1) is 16.4 Å². The average Bonchev–Trinajstić information content (AvgIpc) is 2.54. The van der Waals surface area contributed by atoms with Crippen molar-refractivity contribution in [2.75, 3.05) is 5.32 Å². The summed E-state index contributed by atoms with van der Waals surface area (Å²) in [7, 11) is 1.89. The standard InChI is InChI=1S/C13H15ClFN3/c1-8-10(9(2)18(3)17-8)7-16-13-11(14)5-4-6-12(13)15/h4-6,16H,7H2,1-3H3. The third-order valence-electron chi connectivity index (χ3n) is 3.06. The van der Waals surface area contributed by atoms with Crippen molar-refractivity contribution in [3.8, 4) is 0 Å². The summed E-state index contributed by atoms with van der Waals surface area (Å²) in [6.07, 6.45) is 0. The summed E-state index contributed by atoms with van der Waals surface area (Å²) >= 11 is 5.96. The number of para-hydroxylation sites is 1. The summed E-state index contributed by atoms with van der Waals surface area (Å²) in [5.74, 6) is -0.346. The number of rotatable bonds is 3. The van der Waals surface area contributed by atoms with E-state index in [1.165, 1.54) is 6.07 Å².